The summed E-state index contributed by atoms with van der Waals surface area (Å²) in [5, 5.41) is 3.06. The second kappa shape index (κ2) is 7.51. The molecule has 2 atom stereocenters. The molecule has 2 rings (SSSR count). The lowest BCUT2D eigenvalue weighted by molar-refractivity contribution is -0.119. The third kappa shape index (κ3) is 5.32. The minimum absolute atomic E-state index is 0.0182. The molecular formula is C16H23NO3S2. The SMILES string of the molecule is Cc1ccccc1C[C@@H](C)NC(=O)CS[C@H]1CCS(=O)(=O)C1. The highest BCUT2D eigenvalue weighted by molar-refractivity contribution is 8.02. The molecule has 1 N–H and O–H groups in total. The number of amides is 1. The van der Waals surface area contributed by atoms with Crippen LogP contribution in [0.15, 0.2) is 24.3 Å². The number of hydrogen-bond donors (Lipinski definition) is 1. The highest BCUT2D eigenvalue weighted by Gasteiger charge is 2.28. The van der Waals surface area contributed by atoms with Crippen LogP contribution < -0.4 is 5.32 Å². The fourth-order valence-corrected chi connectivity index (χ4v) is 6.08. The van der Waals surface area contributed by atoms with Crippen molar-refractivity contribution in [3.63, 3.8) is 0 Å². The summed E-state index contributed by atoms with van der Waals surface area (Å²) in [6.07, 6.45) is 1.47. The maximum Gasteiger partial charge on any atom is 0.230 e. The van der Waals surface area contributed by atoms with Crippen LogP contribution in [0, 0.1) is 6.92 Å². The number of carbonyl (C=O) groups excluding carboxylic acids is 1. The van der Waals surface area contributed by atoms with Gasteiger partial charge in [-0.15, -0.1) is 11.8 Å². The average Bonchev–Trinajstić information content (AvgIpc) is 2.78. The first-order valence-electron chi connectivity index (χ1n) is 7.51. The largest absolute Gasteiger partial charge is 0.353 e. The average molecular weight is 341 g/mol. The Morgan fingerprint density at radius 2 is 2.14 bits per heavy atom. The fourth-order valence-electron chi connectivity index (χ4n) is 2.62. The topological polar surface area (TPSA) is 63.2 Å². The van der Waals surface area contributed by atoms with Crippen LogP contribution in [0.25, 0.3) is 0 Å². The zero-order chi connectivity index (χ0) is 16.2. The molecule has 6 heteroatoms. The molecule has 0 aliphatic carbocycles. The Morgan fingerprint density at radius 3 is 2.77 bits per heavy atom. The Kier molecular flexibility index (Phi) is 5.92. The zero-order valence-electron chi connectivity index (χ0n) is 13.0. The van der Waals surface area contributed by atoms with E-state index in [4.69, 9.17) is 0 Å². The first kappa shape index (κ1) is 17.3. The van der Waals surface area contributed by atoms with Gasteiger partial charge in [0, 0.05) is 11.3 Å². The van der Waals surface area contributed by atoms with Gasteiger partial charge < -0.3 is 5.32 Å². The molecule has 1 amide bonds. The third-order valence-electron chi connectivity index (χ3n) is 3.84. The van der Waals surface area contributed by atoms with Crippen molar-refractivity contribution in [3.8, 4) is 0 Å². The van der Waals surface area contributed by atoms with E-state index in [2.05, 4.69) is 24.4 Å². The van der Waals surface area contributed by atoms with Crippen LogP contribution in [0.4, 0.5) is 0 Å². The molecule has 1 aliphatic rings. The van der Waals surface area contributed by atoms with Gasteiger partial charge in [-0.2, -0.15) is 0 Å². The Balaban J connectivity index is 1.74. The highest BCUT2D eigenvalue weighted by atomic mass is 32.2. The van der Waals surface area contributed by atoms with E-state index in [-0.39, 0.29) is 28.7 Å². The summed E-state index contributed by atoms with van der Waals surface area (Å²) in [7, 11) is -2.86. The molecule has 1 saturated heterocycles. The van der Waals surface area contributed by atoms with E-state index < -0.39 is 9.84 Å². The molecule has 0 unspecified atom stereocenters. The minimum Gasteiger partial charge on any atom is -0.353 e. The smallest absolute Gasteiger partial charge is 0.230 e. The first-order valence-corrected chi connectivity index (χ1v) is 10.4. The van der Waals surface area contributed by atoms with E-state index in [9.17, 15) is 13.2 Å². The maximum absolute atomic E-state index is 12.0. The van der Waals surface area contributed by atoms with Crippen LogP contribution in [-0.4, -0.2) is 42.9 Å². The molecule has 4 nitrogen and oxygen atoms in total. The van der Waals surface area contributed by atoms with Gasteiger partial charge in [0.05, 0.1) is 17.3 Å². The van der Waals surface area contributed by atoms with Crippen LogP contribution in [0.2, 0.25) is 0 Å². The molecule has 22 heavy (non-hydrogen) atoms. The number of rotatable bonds is 6. The standard InChI is InChI=1S/C16H23NO3S2/c1-12-5-3-4-6-14(12)9-13(2)17-16(18)10-21-15-7-8-22(19,20)11-15/h3-6,13,15H,7-11H2,1-2H3,(H,17,18)/t13-,15+/m1/s1. The number of nitrogens with one attached hydrogen (secondary N) is 1. The van der Waals surface area contributed by atoms with Gasteiger partial charge in [0.1, 0.15) is 0 Å². The molecule has 1 aromatic carbocycles. The molecule has 1 heterocycles. The van der Waals surface area contributed by atoms with Crippen molar-refractivity contribution in [1.82, 2.24) is 5.32 Å². The molecule has 1 aromatic rings. The molecule has 1 fully saturated rings. The summed E-state index contributed by atoms with van der Waals surface area (Å²) in [6, 6.07) is 8.24. The summed E-state index contributed by atoms with van der Waals surface area (Å²) in [6.45, 7) is 4.06. The number of thioether (sulfide) groups is 1. The molecule has 1 aliphatic heterocycles. The van der Waals surface area contributed by atoms with Gasteiger partial charge in [-0.05, 0) is 37.8 Å². The van der Waals surface area contributed by atoms with E-state index >= 15 is 0 Å². The van der Waals surface area contributed by atoms with E-state index in [1.807, 2.05) is 19.1 Å². The highest BCUT2D eigenvalue weighted by Crippen LogP contribution is 2.24. The van der Waals surface area contributed by atoms with Gasteiger partial charge in [0.25, 0.3) is 0 Å². The molecule has 0 radical (unpaired) electrons. The fraction of sp³-hybridized carbons (Fsp3) is 0.562. The van der Waals surface area contributed by atoms with Crippen LogP contribution >= 0.6 is 11.8 Å². The van der Waals surface area contributed by atoms with Crippen LogP contribution in [0.5, 0.6) is 0 Å². The van der Waals surface area contributed by atoms with Crippen molar-refractivity contribution in [2.75, 3.05) is 17.3 Å². The van der Waals surface area contributed by atoms with Crippen molar-refractivity contribution in [2.24, 2.45) is 0 Å². The van der Waals surface area contributed by atoms with Crippen molar-refractivity contribution >= 4 is 27.5 Å². The summed E-state index contributed by atoms with van der Waals surface area (Å²) in [5.41, 5.74) is 2.47. The Labute approximate surface area is 137 Å². The second-order valence-corrected chi connectivity index (χ2v) is 9.45. The van der Waals surface area contributed by atoms with Gasteiger partial charge in [-0.3, -0.25) is 4.79 Å². The second-order valence-electron chi connectivity index (χ2n) is 5.94. The quantitative estimate of drug-likeness (QED) is 0.859. The predicted octanol–water partition coefficient (Wildman–Crippen LogP) is 1.96. The van der Waals surface area contributed by atoms with E-state index in [0.717, 1.165) is 6.42 Å². The van der Waals surface area contributed by atoms with Gasteiger partial charge in [-0.25, -0.2) is 8.42 Å². The molecule has 0 saturated carbocycles. The van der Waals surface area contributed by atoms with Gasteiger partial charge in [0.2, 0.25) is 5.91 Å². The van der Waals surface area contributed by atoms with Crippen LogP contribution in [0.1, 0.15) is 24.5 Å². The number of benzene rings is 1. The summed E-state index contributed by atoms with van der Waals surface area (Å²) < 4.78 is 22.8. The lowest BCUT2D eigenvalue weighted by Crippen LogP contribution is -2.35. The van der Waals surface area contributed by atoms with E-state index in [1.165, 1.54) is 22.9 Å². The Hall–Kier alpha value is -1.01. The van der Waals surface area contributed by atoms with Crippen molar-refractivity contribution in [3.05, 3.63) is 35.4 Å². The van der Waals surface area contributed by atoms with Gasteiger partial charge >= 0.3 is 0 Å². The Morgan fingerprint density at radius 1 is 1.41 bits per heavy atom. The summed E-state index contributed by atoms with van der Waals surface area (Å²) >= 11 is 1.45. The van der Waals surface area contributed by atoms with Crippen LogP contribution in [-0.2, 0) is 21.1 Å². The van der Waals surface area contributed by atoms with Crippen molar-refractivity contribution < 1.29 is 13.2 Å². The molecule has 122 valence electrons. The first-order chi connectivity index (χ1) is 10.4. The van der Waals surface area contributed by atoms with E-state index in [1.54, 1.807) is 0 Å². The monoisotopic (exact) mass is 341 g/mol. The van der Waals surface area contributed by atoms with Gasteiger partial charge in [0.15, 0.2) is 9.84 Å². The minimum atomic E-state index is -2.86. The number of aryl methyl sites for hydroxylation is 1. The zero-order valence-corrected chi connectivity index (χ0v) is 14.7. The van der Waals surface area contributed by atoms with Crippen LogP contribution in [0.3, 0.4) is 0 Å². The normalized spacial score (nSPS) is 21.5. The number of hydrogen-bond acceptors (Lipinski definition) is 4. The van der Waals surface area contributed by atoms with Crippen molar-refractivity contribution in [2.45, 2.75) is 38.0 Å². The lowest BCUT2D eigenvalue weighted by atomic mass is 10.0. The molecule has 0 bridgehead atoms. The maximum atomic E-state index is 12.0. The van der Waals surface area contributed by atoms with Crippen molar-refractivity contribution in [1.29, 1.82) is 0 Å². The van der Waals surface area contributed by atoms with Gasteiger partial charge in [-0.1, -0.05) is 24.3 Å². The summed E-state index contributed by atoms with van der Waals surface area (Å²) in [4.78, 5) is 12.0. The number of sulfone groups is 1. The molecule has 0 spiro atoms. The Bertz CT molecular complexity index is 628. The molecule has 0 aromatic heterocycles. The number of carbonyl (C=O) groups is 1. The lowest BCUT2D eigenvalue weighted by Gasteiger charge is -2.16. The third-order valence-corrected chi connectivity index (χ3v) is 7.12. The predicted molar refractivity (Wildman–Crippen MR) is 92.0 cm³/mol. The van der Waals surface area contributed by atoms with E-state index in [0.29, 0.717) is 12.2 Å². The summed E-state index contributed by atoms with van der Waals surface area (Å²) in [5.74, 6) is 0.785. The molecular weight excluding hydrogens is 318 g/mol.